The quantitative estimate of drug-likeness (QED) is 0.177. The predicted molar refractivity (Wildman–Crippen MR) is 180 cm³/mol. The fraction of sp³-hybridized carbons (Fsp3) is 0.371. The van der Waals surface area contributed by atoms with Gasteiger partial charge in [-0.05, 0) is 91.5 Å². The summed E-state index contributed by atoms with van der Waals surface area (Å²) >= 11 is 19.8. The summed E-state index contributed by atoms with van der Waals surface area (Å²) in [6.45, 7) is 0.232. The Morgan fingerprint density at radius 2 is 1.61 bits per heavy atom. The van der Waals surface area contributed by atoms with Gasteiger partial charge in [0.1, 0.15) is 23.8 Å². The standard InChI is InChI=1S/C35H33Cl3N2O5S/c36-29-7-4-8-30(37)32(29)33-28(34(45-39-33)21-11-12-21)19-44-23-15-16-25(31(38)17-23)27-18-26(27)20-9-13-22(14-10-20)35(41)40-46(42,43)24-5-2-1-3-6-24/h4,7-10,13-17,21,24,26-27H,1-3,5-6,11-12,18-19H2,(H,40,41)/t26-,27-/m0/s1. The van der Waals surface area contributed by atoms with E-state index < -0.39 is 21.2 Å². The van der Waals surface area contributed by atoms with Crippen LogP contribution in [0.1, 0.15) is 102 Å². The molecule has 3 aliphatic carbocycles. The number of amides is 1. The van der Waals surface area contributed by atoms with Gasteiger partial charge < -0.3 is 9.26 Å². The molecule has 240 valence electrons. The molecule has 4 aromatic rings. The molecule has 3 aromatic carbocycles. The van der Waals surface area contributed by atoms with Crippen molar-refractivity contribution in [1.82, 2.24) is 9.88 Å². The molecular formula is C35H33Cl3N2O5S. The number of hydrogen-bond acceptors (Lipinski definition) is 6. The smallest absolute Gasteiger partial charge is 0.264 e. The van der Waals surface area contributed by atoms with Crippen molar-refractivity contribution in [2.75, 3.05) is 0 Å². The Balaban J connectivity index is 1.00. The Kier molecular flexibility index (Phi) is 8.83. The maximum Gasteiger partial charge on any atom is 0.264 e. The van der Waals surface area contributed by atoms with Crippen LogP contribution in [0.5, 0.6) is 5.75 Å². The Bertz CT molecular complexity index is 1860. The van der Waals surface area contributed by atoms with Gasteiger partial charge in [-0.25, -0.2) is 13.1 Å². The number of carbonyl (C=O) groups is 1. The molecule has 0 unspecified atom stereocenters. The van der Waals surface area contributed by atoms with Crippen molar-refractivity contribution < 1.29 is 22.5 Å². The highest BCUT2D eigenvalue weighted by molar-refractivity contribution is 7.90. The van der Waals surface area contributed by atoms with E-state index in [1.807, 2.05) is 30.3 Å². The highest BCUT2D eigenvalue weighted by atomic mass is 35.5. The number of hydrogen-bond donors (Lipinski definition) is 1. The molecule has 0 saturated heterocycles. The van der Waals surface area contributed by atoms with Crippen molar-refractivity contribution in [2.24, 2.45) is 0 Å². The van der Waals surface area contributed by atoms with E-state index in [0.29, 0.717) is 56.4 Å². The zero-order valence-corrected chi connectivity index (χ0v) is 28.1. The maximum atomic E-state index is 12.7. The van der Waals surface area contributed by atoms with Crippen molar-refractivity contribution in [3.63, 3.8) is 0 Å². The van der Waals surface area contributed by atoms with Crippen LogP contribution in [0.4, 0.5) is 0 Å². The van der Waals surface area contributed by atoms with Crippen molar-refractivity contribution in [2.45, 2.75) is 81.0 Å². The van der Waals surface area contributed by atoms with Crippen LogP contribution in [0.15, 0.2) is 65.2 Å². The summed E-state index contributed by atoms with van der Waals surface area (Å²) in [6.07, 6.45) is 7.00. The number of carbonyl (C=O) groups excluding carboxylic acids is 1. The molecule has 1 aromatic heterocycles. The lowest BCUT2D eigenvalue weighted by Crippen LogP contribution is -2.39. The van der Waals surface area contributed by atoms with Gasteiger partial charge in [-0.1, -0.05) is 83.5 Å². The van der Waals surface area contributed by atoms with E-state index in [9.17, 15) is 13.2 Å². The predicted octanol–water partition coefficient (Wildman–Crippen LogP) is 9.42. The van der Waals surface area contributed by atoms with Crippen molar-refractivity contribution >= 4 is 50.7 Å². The second-order valence-corrected chi connectivity index (χ2v) is 15.7. The van der Waals surface area contributed by atoms with E-state index >= 15 is 0 Å². The van der Waals surface area contributed by atoms with Gasteiger partial charge in [-0.2, -0.15) is 0 Å². The zero-order chi connectivity index (χ0) is 32.0. The van der Waals surface area contributed by atoms with E-state index in [1.54, 1.807) is 30.3 Å². The van der Waals surface area contributed by atoms with Crippen LogP contribution in [-0.4, -0.2) is 24.7 Å². The second kappa shape index (κ2) is 12.9. The Labute approximate surface area is 283 Å². The lowest BCUT2D eigenvalue weighted by atomic mass is 10.0. The molecule has 0 bridgehead atoms. The van der Waals surface area contributed by atoms with Gasteiger partial charge >= 0.3 is 0 Å². The van der Waals surface area contributed by atoms with Crippen molar-refractivity contribution in [3.8, 4) is 17.0 Å². The van der Waals surface area contributed by atoms with Gasteiger partial charge in [0.15, 0.2) is 0 Å². The number of aromatic nitrogens is 1. The summed E-state index contributed by atoms with van der Waals surface area (Å²) < 4.78 is 39.6. The number of rotatable bonds is 10. The molecule has 1 amide bonds. The first-order valence-electron chi connectivity index (χ1n) is 15.7. The highest BCUT2D eigenvalue weighted by Gasteiger charge is 2.41. The van der Waals surface area contributed by atoms with Crippen molar-refractivity contribution in [1.29, 1.82) is 0 Å². The third kappa shape index (κ3) is 6.55. The number of halogens is 3. The summed E-state index contributed by atoms with van der Waals surface area (Å²) in [5.74, 6) is 1.67. The van der Waals surface area contributed by atoms with E-state index in [-0.39, 0.29) is 18.4 Å². The molecule has 1 heterocycles. The average Bonchev–Trinajstić information content (AvgIpc) is 3.99. The minimum atomic E-state index is -3.68. The third-order valence-corrected chi connectivity index (χ3v) is 12.1. The van der Waals surface area contributed by atoms with Gasteiger partial charge in [-0.3, -0.25) is 4.79 Å². The molecule has 0 aliphatic heterocycles. The Hall–Kier alpha value is -3.04. The number of nitrogens with one attached hydrogen (secondary N) is 1. The summed E-state index contributed by atoms with van der Waals surface area (Å²) in [5.41, 5.74) is 4.51. The zero-order valence-electron chi connectivity index (χ0n) is 25.0. The number of ether oxygens (including phenoxy) is 1. The molecule has 0 spiro atoms. The molecule has 3 aliphatic rings. The van der Waals surface area contributed by atoms with Crippen LogP contribution >= 0.6 is 34.8 Å². The fourth-order valence-electron chi connectivity index (χ4n) is 6.54. The minimum absolute atomic E-state index is 0.232. The highest BCUT2D eigenvalue weighted by Crippen LogP contribution is 2.56. The fourth-order valence-corrected chi connectivity index (χ4v) is 8.92. The molecule has 46 heavy (non-hydrogen) atoms. The monoisotopic (exact) mass is 698 g/mol. The van der Waals surface area contributed by atoms with E-state index in [2.05, 4.69) is 9.88 Å². The minimum Gasteiger partial charge on any atom is -0.489 e. The lowest BCUT2D eigenvalue weighted by Gasteiger charge is -2.21. The Morgan fingerprint density at radius 1 is 0.891 bits per heavy atom. The molecule has 1 N–H and O–H groups in total. The molecule has 7 rings (SSSR count). The lowest BCUT2D eigenvalue weighted by molar-refractivity contribution is 0.0980. The second-order valence-electron chi connectivity index (χ2n) is 12.5. The van der Waals surface area contributed by atoms with Crippen LogP contribution in [0.25, 0.3) is 11.3 Å². The van der Waals surface area contributed by atoms with Gasteiger partial charge in [0.2, 0.25) is 10.0 Å². The van der Waals surface area contributed by atoms with Gasteiger partial charge in [0, 0.05) is 22.1 Å². The average molecular weight is 700 g/mol. The summed E-state index contributed by atoms with van der Waals surface area (Å²) in [5, 5.41) is 5.45. The molecule has 0 radical (unpaired) electrons. The Morgan fingerprint density at radius 3 is 2.28 bits per heavy atom. The largest absolute Gasteiger partial charge is 0.489 e. The molecule has 2 atom stereocenters. The van der Waals surface area contributed by atoms with Crippen LogP contribution in [-0.2, 0) is 16.6 Å². The molecule has 3 saturated carbocycles. The summed E-state index contributed by atoms with van der Waals surface area (Å²) in [6, 6.07) is 18.3. The SMILES string of the molecule is O=C(NS(=O)(=O)C1CCCCC1)c1ccc([C@@H]2C[C@H]2c2ccc(OCc3c(-c4c(Cl)cccc4Cl)noc3C3CC3)cc2Cl)cc1. The number of nitrogens with zero attached hydrogens (tertiary/aromatic N) is 1. The van der Waals surface area contributed by atoms with E-state index in [1.165, 1.54) is 0 Å². The first kappa shape index (κ1) is 31.6. The molecule has 3 fully saturated rings. The van der Waals surface area contributed by atoms with Gasteiger partial charge in [0.25, 0.3) is 5.91 Å². The molecule has 7 nitrogen and oxygen atoms in total. The van der Waals surface area contributed by atoms with E-state index in [0.717, 1.165) is 61.0 Å². The first-order valence-corrected chi connectivity index (χ1v) is 18.4. The van der Waals surface area contributed by atoms with E-state index in [4.69, 9.17) is 44.1 Å². The topological polar surface area (TPSA) is 98.5 Å². The number of sulfonamides is 1. The maximum absolute atomic E-state index is 12.7. The van der Waals surface area contributed by atoms with Crippen LogP contribution in [0.2, 0.25) is 15.1 Å². The van der Waals surface area contributed by atoms with Crippen LogP contribution in [0.3, 0.4) is 0 Å². The molecule has 11 heteroatoms. The number of benzene rings is 3. The van der Waals surface area contributed by atoms with Crippen LogP contribution < -0.4 is 9.46 Å². The first-order chi connectivity index (χ1) is 22.2. The summed E-state index contributed by atoms with van der Waals surface area (Å²) in [7, 11) is -3.68. The van der Waals surface area contributed by atoms with Gasteiger partial charge in [-0.15, -0.1) is 0 Å². The summed E-state index contributed by atoms with van der Waals surface area (Å²) in [4.78, 5) is 12.7. The van der Waals surface area contributed by atoms with Gasteiger partial charge in [0.05, 0.1) is 20.9 Å². The normalized spacial score (nSPS) is 20.0. The molecular weight excluding hydrogens is 667 g/mol. The van der Waals surface area contributed by atoms with Crippen LogP contribution in [0, 0.1) is 0 Å². The van der Waals surface area contributed by atoms with Crippen molar-refractivity contribution in [3.05, 3.63) is 104 Å². The third-order valence-electron chi connectivity index (χ3n) is 9.34.